The fraction of sp³-hybridized carbons (Fsp3) is 0.174. The standard InChI is InChI=1S/C23H20ClIN2O5/c1-4-9-32-20-17(25)11-14(12-19(20)31-5-2)10-15-21(28)26-23(30)27(22(15)29)18-8-6-7-16(24)13(18)3/h4,6-8,10-12H,1,5,9H2,2-3H3,(H,26,28,30)/b15-10+. The maximum Gasteiger partial charge on any atom is 0.335 e. The van der Waals surface area contributed by atoms with Crippen LogP contribution in [0.2, 0.25) is 5.02 Å². The first kappa shape index (κ1) is 23.8. The average molecular weight is 567 g/mol. The quantitative estimate of drug-likeness (QED) is 0.223. The SMILES string of the molecule is C=CCOc1c(I)cc(/C=C2\C(=O)NC(=O)N(c3cccc(Cl)c3C)C2=O)cc1OCC. The highest BCUT2D eigenvalue weighted by Gasteiger charge is 2.37. The molecule has 1 aliphatic rings. The molecule has 0 bridgehead atoms. The Bertz CT molecular complexity index is 1150. The minimum Gasteiger partial charge on any atom is -0.490 e. The first-order valence-corrected chi connectivity index (χ1v) is 11.1. The van der Waals surface area contributed by atoms with Crippen molar-refractivity contribution in [1.82, 2.24) is 5.32 Å². The molecule has 1 fully saturated rings. The lowest BCUT2D eigenvalue weighted by molar-refractivity contribution is -0.122. The zero-order valence-electron chi connectivity index (χ0n) is 17.4. The van der Waals surface area contributed by atoms with E-state index in [1.54, 1.807) is 43.3 Å². The normalized spacial score (nSPS) is 15.1. The minimum absolute atomic E-state index is 0.193. The largest absolute Gasteiger partial charge is 0.490 e. The molecule has 1 saturated heterocycles. The number of ether oxygens (including phenoxy) is 2. The highest BCUT2D eigenvalue weighted by atomic mass is 127. The summed E-state index contributed by atoms with van der Waals surface area (Å²) in [5.74, 6) is -0.518. The number of benzene rings is 2. The summed E-state index contributed by atoms with van der Waals surface area (Å²) in [5.41, 5.74) is 1.20. The first-order valence-electron chi connectivity index (χ1n) is 9.65. The average Bonchev–Trinajstić information content (AvgIpc) is 2.73. The van der Waals surface area contributed by atoms with Gasteiger partial charge in [0.25, 0.3) is 11.8 Å². The van der Waals surface area contributed by atoms with Crippen molar-refractivity contribution < 1.29 is 23.9 Å². The van der Waals surface area contributed by atoms with Crippen LogP contribution in [0.4, 0.5) is 10.5 Å². The third-order valence-electron chi connectivity index (χ3n) is 4.57. The van der Waals surface area contributed by atoms with E-state index in [-0.39, 0.29) is 5.57 Å². The molecule has 0 aromatic heterocycles. The smallest absolute Gasteiger partial charge is 0.335 e. The fourth-order valence-electron chi connectivity index (χ4n) is 3.10. The van der Waals surface area contributed by atoms with Gasteiger partial charge >= 0.3 is 6.03 Å². The summed E-state index contributed by atoms with van der Waals surface area (Å²) >= 11 is 8.24. The Morgan fingerprint density at radius 2 is 1.97 bits per heavy atom. The van der Waals surface area contributed by atoms with E-state index < -0.39 is 17.8 Å². The molecule has 0 radical (unpaired) electrons. The van der Waals surface area contributed by atoms with Crippen LogP contribution < -0.4 is 19.7 Å². The van der Waals surface area contributed by atoms with E-state index in [1.807, 2.05) is 6.92 Å². The summed E-state index contributed by atoms with van der Waals surface area (Å²) in [7, 11) is 0. The van der Waals surface area contributed by atoms with E-state index in [2.05, 4.69) is 34.5 Å². The van der Waals surface area contributed by atoms with Gasteiger partial charge in [0, 0.05) is 5.02 Å². The van der Waals surface area contributed by atoms with E-state index in [4.69, 9.17) is 21.1 Å². The van der Waals surface area contributed by atoms with E-state index >= 15 is 0 Å². The fourth-order valence-corrected chi connectivity index (χ4v) is 4.05. The number of carbonyl (C=O) groups is 3. The third-order valence-corrected chi connectivity index (χ3v) is 5.78. The molecule has 0 aliphatic carbocycles. The number of urea groups is 1. The molecule has 9 heteroatoms. The maximum atomic E-state index is 13.2. The van der Waals surface area contributed by atoms with Crippen molar-refractivity contribution in [3.05, 3.63) is 68.3 Å². The predicted molar refractivity (Wildman–Crippen MR) is 131 cm³/mol. The number of rotatable bonds is 7. The van der Waals surface area contributed by atoms with Crippen LogP contribution in [0.5, 0.6) is 11.5 Å². The zero-order chi connectivity index (χ0) is 23.4. The Morgan fingerprint density at radius 3 is 2.66 bits per heavy atom. The number of imide groups is 2. The van der Waals surface area contributed by atoms with Crippen LogP contribution in [-0.4, -0.2) is 31.1 Å². The molecule has 1 aliphatic heterocycles. The topological polar surface area (TPSA) is 84.9 Å². The molecule has 2 aromatic rings. The Kier molecular flexibility index (Phi) is 7.57. The van der Waals surface area contributed by atoms with Gasteiger partial charge in [-0.2, -0.15) is 0 Å². The van der Waals surface area contributed by atoms with Gasteiger partial charge in [-0.15, -0.1) is 0 Å². The first-order chi connectivity index (χ1) is 15.3. The van der Waals surface area contributed by atoms with Crippen LogP contribution >= 0.6 is 34.2 Å². The molecular formula is C23H20ClIN2O5. The summed E-state index contributed by atoms with van der Waals surface area (Å²) in [6.07, 6.45) is 3.04. The predicted octanol–water partition coefficient (Wildman–Crippen LogP) is 4.88. The van der Waals surface area contributed by atoms with Crippen molar-refractivity contribution in [2.75, 3.05) is 18.1 Å². The van der Waals surface area contributed by atoms with Crippen LogP contribution in [0.15, 0.2) is 48.6 Å². The van der Waals surface area contributed by atoms with Gasteiger partial charge in [0.05, 0.1) is 15.9 Å². The van der Waals surface area contributed by atoms with Crippen LogP contribution in [0.1, 0.15) is 18.1 Å². The molecule has 0 atom stereocenters. The lowest BCUT2D eigenvalue weighted by Crippen LogP contribution is -2.54. The number of amides is 4. The van der Waals surface area contributed by atoms with Crippen molar-refractivity contribution in [2.24, 2.45) is 0 Å². The second-order valence-electron chi connectivity index (χ2n) is 6.70. The van der Waals surface area contributed by atoms with Gasteiger partial charge in [0.1, 0.15) is 12.2 Å². The summed E-state index contributed by atoms with van der Waals surface area (Å²) in [5, 5.41) is 2.62. The van der Waals surface area contributed by atoms with Crippen molar-refractivity contribution >= 4 is 63.8 Å². The van der Waals surface area contributed by atoms with Gasteiger partial charge in [-0.25, -0.2) is 9.69 Å². The van der Waals surface area contributed by atoms with E-state index in [9.17, 15) is 14.4 Å². The molecule has 0 saturated carbocycles. The summed E-state index contributed by atoms with van der Waals surface area (Å²) in [6, 6.07) is 7.46. The number of anilines is 1. The van der Waals surface area contributed by atoms with Crippen LogP contribution in [0.3, 0.4) is 0 Å². The van der Waals surface area contributed by atoms with Gasteiger partial charge in [-0.1, -0.05) is 30.3 Å². The van der Waals surface area contributed by atoms with Crippen molar-refractivity contribution in [3.8, 4) is 11.5 Å². The summed E-state index contributed by atoms with van der Waals surface area (Å²) in [4.78, 5) is 39.1. The number of halogens is 2. The van der Waals surface area contributed by atoms with E-state index in [0.29, 0.717) is 46.5 Å². The monoisotopic (exact) mass is 566 g/mol. The van der Waals surface area contributed by atoms with Crippen LogP contribution in [0, 0.1) is 10.5 Å². The van der Waals surface area contributed by atoms with Gasteiger partial charge in [-0.3, -0.25) is 14.9 Å². The van der Waals surface area contributed by atoms with E-state index in [1.165, 1.54) is 6.08 Å². The lowest BCUT2D eigenvalue weighted by atomic mass is 10.1. The Morgan fingerprint density at radius 1 is 1.22 bits per heavy atom. The zero-order valence-corrected chi connectivity index (χ0v) is 20.3. The number of hydrogen-bond donors (Lipinski definition) is 1. The molecule has 32 heavy (non-hydrogen) atoms. The molecule has 4 amide bonds. The van der Waals surface area contributed by atoms with Crippen LogP contribution in [0.25, 0.3) is 6.08 Å². The van der Waals surface area contributed by atoms with Gasteiger partial charge in [-0.05, 0) is 77.9 Å². The lowest BCUT2D eigenvalue weighted by Gasteiger charge is -2.27. The highest BCUT2D eigenvalue weighted by Crippen LogP contribution is 2.35. The molecule has 7 nitrogen and oxygen atoms in total. The third kappa shape index (κ3) is 4.81. The number of hydrogen-bond acceptors (Lipinski definition) is 5. The van der Waals surface area contributed by atoms with Crippen molar-refractivity contribution in [3.63, 3.8) is 0 Å². The molecule has 166 valence electrons. The Hall–Kier alpha value is -2.85. The van der Waals surface area contributed by atoms with E-state index in [0.717, 1.165) is 8.47 Å². The molecule has 0 unspecified atom stereocenters. The van der Waals surface area contributed by atoms with Gasteiger partial charge < -0.3 is 9.47 Å². The number of barbiturate groups is 1. The second kappa shape index (κ2) is 10.2. The Labute approximate surface area is 204 Å². The number of carbonyl (C=O) groups excluding carboxylic acids is 3. The van der Waals surface area contributed by atoms with Crippen molar-refractivity contribution in [1.29, 1.82) is 0 Å². The molecule has 1 heterocycles. The number of nitrogens with one attached hydrogen (secondary N) is 1. The van der Waals surface area contributed by atoms with Gasteiger partial charge in [0.15, 0.2) is 11.5 Å². The Balaban J connectivity index is 2.06. The molecule has 1 N–H and O–H groups in total. The second-order valence-corrected chi connectivity index (χ2v) is 8.27. The summed E-state index contributed by atoms with van der Waals surface area (Å²) in [6.45, 7) is 7.87. The number of nitrogens with zero attached hydrogens (tertiary/aromatic N) is 1. The molecule has 2 aromatic carbocycles. The van der Waals surface area contributed by atoms with Gasteiger partial charge in [0.2, 0.25) is 0 Å². The molecule has 3 rings (SSSR count). The molecule has 0 spiro atoms. The van der Waals surface area contributed by atoms with Crippen LogP contribution in [-0.2, 0) is 9.59 Å². The summed E-state index contributed by atoms with van der Waals surface area (Å²) < 4.78 is 12.1. The van der Waals surface area contributed by atoms with Crippen molar-refractivity contribution in [2.45, 2.75) is 13.8 Å². The molecular weight excluding hydrogens is 547 g/mol. The highest BCUT2D eigenvalue weighted by molar-refractivity contribution is 14.1. The minimum atomic E-state index is -0.833. The maximum absolute atomic E-state index is 13.2.